The fourth-order valence-corrected chi connectivity index (χ4v) is 5.12. The first kappa shape index (κ1) is 15.9. The van der Waals surface area contributed by atoms with E-state index in [2.05, 4.69) is 0 Å². The van der Waals surface area contributed by atoms with Crippen LogP contribution in [0.15, 0.2) is 0 Å². The monoisotopic (exact) mass is 302 g/mol. The Balaban J connectivity index is 2.20. The third-order valence-electron chi connectivity index (χ3n) is 4.70. The van der Waals surface area contributed by atoms with Crippen molar-refractivity contribution in [2.75, 3.05) is 13.6 Å². The van der Waals surface area contributed by atoms with Gasteiger partial charge < -0.3 is 0 Å². The van der Waals surface area contributed by atoms with Crippen LogP contribution in [-0.2, 0) is 15.0 Å². The molecule has 0 aromatic carbocycles. The van der Waals surface area contributed by atoms with Crippen LogP contribution in [-0.4, -0.2) is 48.5 Å². The molecule has 1 heterocycles. The van der Waals surface area contributed by atoms with E-state index in [1.165, 1.54) is 4.31 Å². The molecule has 5 nitrogen and oxygen atoms in total. The minimum atomic E-state index is -3.45. The fraction of sp³-hybridized carbons (Fsp3) is 0.929. The molecule has 2 aliphatic rings. The molecule has 2 rings (SSSR count). The Morgan fingerprint density at radius 1 is 1.20 bits per heavy atom. The molecule has 2 fully saturated rings. The number of nitrogens with zero attached hydrogens (tertiary/aromatic N) is 2. The van der Waals surface area contributed by atoms with Gasteiger partial charge in [-0.05, 0) is 39.5 Å². The molecule has 2 unspecified atom stereocenters. The van der Waals surface area contributed by atoms with Gasteiger partial charge in [0.25, 0.3) is 10.2 Å². The summed E-state index contributed by atoms with van der Waals surface area (Å²) in [5, 5.41) is 0. The van der Waals surface area contributed by atoms with Gasteiger partial charge in [-0.15, -0.1) is 0 Å². The molecule has 0 bridgehead atoms. The highest BCUT2D eigenvalue weighted by Crippen LogP contribution is 2.34. The van der Waals surface area contributed by atoms with Crippen LogP contribution in [0.2, 0.25) is 0 Å². The number of carbonyl (C=O) groups is 1. The Hall–Kier alpha value is -0.460. The SMILES string of the molecule is CC(C)N(C)S(=O)(=O)N1CCCC1C1CCCCC1=O. The first-order valence-corrected chi connectivity index (χ1v) is 9.03. The van der Waals surface area contributed by atoms with Crippen LogP contribution < -0.4 is 0 Å². The zero-order valence-corrected chi connectivity index (χ0v) is 13.5. The lowest BCUT2D eigenvalue weighted by Gasteiger charge is -2.35. The van der Waals surface area contributed by atoms with Crippen LogP contribution >= 0.6 is 0 Å². The summed E-state index contributed by atoms with van der Waals surface area (Å²) in [6.07, 6.45) is 5.15. The second-order valence-electron chi connectivity index (χ2n) is 6.26. The van der Waals surface area contributed by atoms with Crippen molar-refractivity contribution in [2.45, 2.75) is 64.5 Å². The van der Waals surface area contributed by atoms with Crippen molar-refractivity contribution >= 4 is 16.0 Å². The van der Waals surface area contributed by atoms with Gasteiger partial charge in [0.05, 0.1) is 0 Å². The molecule has 0 aromatic heterocycles. The summed E-state index contributed by atoms with van der Waals surface area (Å²) >= 11 is 0. The molecular formula is C14H26N2O3S. The lowest BCUT2D eigenvalue weighted by molar-refractivity contribution is -0.126. The van der Waals surface area contributed by atoms with Crippen molar-refractivity contribution in [1.29, 1.82) is 0 Å². The van der Waals surface area contributed by atoms with Gasteiger partial charge in [0.15, 0.2) is 0 Å². The molecule has 0 spiro atoms. The highest BCUT2D eigenvalue weighted by atomic mass is 32.2. The van der Waals surface area contributed by atoms with E-state index in [-0.39, 0.29) is 23.8 Å². The van der Waals surface area contributed by atoms with Gasteiger partial charge in [0.2, 0.25) is 0 Å². The first-order chi connectivity index (χ1) is 9.35. The van der Waals surface area contributed by atoms with Crippen LogP contribution in [0.3, 0.4) is 0 Å². The van der Waals surface area contributed by atoms with Crippen LogP contribution in [0.25, 0.3) is 0 Å². The van der Waals surface area contributed by atoms with Crippen molar-refractivity contribution in [3.8, 4) is 0 Å². The average Bonchev–Trinajstić information content (AvgIpc) is 2.88. The largest absolute Gasteiger partial charge is 0.299 e. The Kier molecular flexibility index (Phi) is 4.87. The van der Waals surface area contributed by atoms with Gasteiger partial charge in [0, 0.05) is 38.0 Å². The third-order valence-corrected chi connectivity index (χ3v) is 6.90. The Morgan fingerprint density at radius 2 is 1.90 bits per heavy atom. The van der Waals surface area contributed by atoms with Gasteiger partial charge in [-0.1, -0.05) is 6.42 Å². The molecule has 1 saturated carbocycles. The minimum absolute atomic E-state index is 0.0664. The molecule has 20 heavy (non-hydrogen) atoms. The summed E-state index contributed by atoms with van der Waals surface area (Å²) in [6.45, 7) is 4.29. The molecule has 6 heteroatoms. The Bertz CT molecular complexity index is 461. The number of hydrogen-bond donors (Lipinski definition) is 0. The van der Waals surface area contributed by atoms with Gasteiger partial charge in [-0.3, -0.25) is 4.79 Å². The summed E-state index contributed by atoms with van der Waals surface area (Å²) in [5.41, 5.74) is 0. The molecule has 0 radical (unpaired) electrons. The summed E-state index contributed by atoms with van der Waals surface area (Å²) in [6, 6.07) is -0.183. The maximum Gasteiger partial charge on any atom is 0.282 e. The summed E-state index contributed by atoms with van der Waals surface area (Å²) in [5.74, 6) is 0.178. The highest BCUT2D eigenvalue weighted by Gasteiger charge is 2.43. The standard InChI is InChI=1S/C14H26N2O3S/c1-11(2)15(3)20(18,19)16-10-6-8-13(16)12-7-4-5-9-14(12)17/h11-13H,4-10H2,1-3H3. The van der Waals surface area contributed by atoms with Crippen LogP contribution in [0.1, 0.15) is 52.4 Å². The second-order valence-corrected chi connectivity index (χ2v) is 8.20. The van der Waals surface area contributed by atoms with Crippen molar-refractivity contribution in [3.63, 3.8) is 0 Å². The van der Waals surface area contributed by atoms with Crippen molar-refractivity contribution < 1.29 is 13.2 Å². The maximum absolute atomic E-state index is 12.7. The van der Waals surface area contributed by atoms with Crippen molar-refractivity contribution in [1.82, 2.24) is 8.61 Å². The number of Topliss-reactive ketones (excluding diaryl/α,β-unsaturated/α-hetero) is 1. The normalized spacial score (nSPS) is 29.6. The Morgan fingerprint density at radius 3 is 2.50 bits per heavy atom. The van der Waals surface area contributed by atoms with Gasteiger partial charge in [-0.25, -0.2) is 0 Å². The van der Waals surface area contributed by atoms with Gasteiger partial charge >= 0.3 is 0 Å². The maximum atomic E-state index is 12.7. The molecule has 0 N–H and O–H groups in total. The van der Waals surface area contributed by atoms with Crippen LogP contribution in [0.4, 0.5) is 0 Å². The molecule has 116 valence electrons. The van der Waals surface area contributed by atoms with E-state index in [1.807, 2.05) is 13.8 Å². The molecule has 1 saturated heterocycles. The topological polar surface area (TPSA) is 57.7 Å². The molecule has 0 aromatic rings. The van der Waals surface area contributed by atoms with E-state index >= 15 is 0 Å². The quantitative estimate of drug-likeness (QED) is 0.795. The third kappa shape index (κ3) is 2.92. The summed E-state index contributed by atoms with van der Waals surface area (Å²) in [4.78, 5) is 12.1. The van der Waals surface area contributed by atoms with Crippen LogP contribution in [0, 0.1) is 5.92 Å². The Labute approximate surface area is 122 Å². The molecule has 1 aliphatic heterocycles. The average molecular weight is 302 g/mol. The zero-order valence-electron chi connectivity index (χ0n) is 12.7. The van der Waals surface area contributed by atoms with Gasteiger partial charge in [0.1, 0.15) is 5.78 Å². The molecule has 0 amide bonds. The number of hydrogen-bond acceptors (Lipinski definition) is 3. The van der Waals surface area contributed by atoms with E-state index in [0.717, 1.165) is 32.1 Å². The molecule has 1 aliphatic carbocycles. The van der Waals surface area contributed by atoms with Crippen molar-refractivity contribution in [3.05, 3.63) is 0 Å². The van der Waals surface area contributed by atoms with E-state index in [0.29, 0.717) is 13.0 Å². The number of carbonyl (C=O) groups excluding carboxylic acids is 1. The van der Waals surface area contributed by atoms with E-state index < -0.39 is 10.2 Å². The lowest BCUT2D eigenvalue weighted by Crippen LogP contribution is -2.50. The summed E-state index contributed by atoms with van der Waals surface area (Å²) < 4.78 is 28.3. The van der Waals surface area contributed by atoms with E-state index in [4.69, 9.17) is 0 Å². The first-order valence-electron chi connectivity index (χ1n) is 7.63. The smallest absolute Gasteiger partial charge is 0.282 e. The fourth-order valence-electron chi connectivity index (χ4n) is 3.30. The van der Waals surface area contributed by atoms with Crippen molar-refractivity contribution in [2.24, 2.45) is 5.92 Å². The highest BCUT2D eigenvalue weighted by molar-refractivity contribution is 7.86. The predicted octanol–water partition coefficient (Wildman–Crippen LogP) is 1.80. The molecular weight excluding hydrogens is 276 g/mol. The lowest BCUT2D eigenvalue weighted by atomic mass is 9.82. The zero-order chi connectivity index (χ0) is 14.9. The number of ketones is 1. The predicted molar refractivity (Wildman–Crippen MR) is 78.5 cm³/mol. The van der Waals surface area contributed by atoms with E-state index in [1.54, 1.807) is 11.4 Å². The van der Waals surface area contributed by atoms with Crippen LogP contribution in [0.5, 0.6) is 0 Å². The molecule has 2 atom stereocenters. The summed E-state index contributed by atoms with van der Waals surface area (Å²) in [7, 11) is -1.82. The second kappa shape index (κ2) is 6.12. The van der Waals surface area contributed by atoms with E-state index in [9.17, 15) is 13.2 Å². The number of rotatable bonds is 4. The minimum Gasteiger partial charge on any atom is -0.299 e. The van der Waals surface area contributed by atoms with Gasteiger partial charge in [-0.2, -0.15) is 17.0 Å².